The van der Waals surface area contributed by atoms with Crippen LogP contribution in [0.15, 0.2) is 35.1 Å². The number of nitrogens with one attached hydrogen (secondary N) is 1. The second-order valence-electron chi connectivity index (χ2n) is 6.34. The topological polar surface area (TPSA) is 80.1 Å². The molecular weight excluding hydrogens is 302 g/mol. The summed E-state index contributed by atoms with van der Waals surface area (Å²) in [6, 6.07) is 11.8. The molecule has 1 aromatic carbocycles. The highest BCUT2D eigenvalue weighted by Gasteiger charge is 2.19. The van der Waals surface area contributed by atoms with Crippen LogP contribution in [0.5, 0.6) is 0 Å². The predicted octanol–water partition coefficient (Wildman–Crippen LogP) is 2.43. The molecule has 5 heteroatoms. The number of aliphatic hydroxyl groups is 1. The van der Waals surface area contributed by atoms with Crippen molar-refractivity contribution in [3.8, 4) is 17.2 Å². The molecule has 2 N–H and O–H groups in total. The lowest BCUT2D eigenvalue weighted by Gasteiger charge is -2.33. The van der Waals surface area contributed by atoms with Crippen LogP contribution in [0.2, 0.25) is 0 Å². The summed E-state index contributed by atoms with van der Waals surface area (Å²) in [4.78, 5) is 16.9. The Labute approximate surface area is 141 Å². The van der Waals surface area contributed by atoms with Gasteiger partial charge < -0.3 is 15.0 Å². The summed E-state index contributed by atoms with van der Waals surface area (Å²) < 4.78 is 0. The molecule has 0 radical (unpaired) electrons. The SMILES string of the molecule is Cc1cc(-c2ccc(N3CCC(CO)CC3)cc2)c(C#N)c(=O)[nH]1. The van der Waals surface area contributed by atoms with Crippen LogP contribution in [-0.2, 0) is 0 Å². The first-order valence-electron chi connectivity index (χ1n) is 8.22. The van der Waals surface area contributed by atoms with E-state index in [-0.39, 0.29) is 17.7 Å². The number of aromatic amines is 1. The minimum atomic E-state index is -0.345. The van der Waals surface area contributed by atoms with Crippen molar-refractivity contribution in [3.05, 3.63) is 51.9 Å². The van der Waals surface area contributed by atoms with Crippen molar-refractivity contribution >= 4 is 5.69 Å². The third-order valence-corrected chi connectivity index (χ3v) is 4.70. The van der Waals surface area contributed by atoms with Gasteiger partial charge in [-0.25, -0.2) is 0 Å². The molecule has 24 heavy (non-hydrogen) atoms. The third-order valence-electron chi connectivity index (χ3n) is 4.70. The van der Waals surface area contributed by atoms with Crippen molar-refractivity contribution in [2.45, 2.75) is 19.8 Å². The molecule has 2 heterocycles. The van der Waals surface area contributed by atoms with Crippen molar-refractivity contribution in [2.75, 3.05) is 24.6 Å². The summed E-state index contributed by atoms with van der Waals surface area (Å²) in [6.45, 7) is 3.97. The molecule has 0 amide bonds. The monoisotopic (exact) mass is 323 g/mol. The van der Waals surface area contributed by atoms with E-state index < -0.39 is 0 Å². The van der Waals surface area contributed by atoms with Gasteiger partial charge in [0.05, 0.1) is 0 Å². The van der Waals surface area contributed by atoms with E-state index >= 15 is 0 Å². The first-order chi connectivity index (χ1) is 11.6. The molecule has 3 rings (SSSR count). The van der Waals surface area contributed by atoms with Crippen LogP contribution in [0.1, 0.15) is 24.1 Å². The van der Waals surface area contributed by atoms with Gasteiger partial charge in [0, 0.05) is 36.6 Å². The van der Waals surface area contributed by atoms with E-state index in [1.165, 1.54) is 0 Å². The molecule has 124 valence electrons. The summed E-state index contributed by atoms with van der Waals surface area (Å²) in [6.07, 6.45) is 2.01. The van der Waals surface area contributed by atoms with E-state index in [0.29, 0.717) is 11.5 Å². The maximum absolute atomic E-state index is 11.9. The summed E-state index contributed by atoms with van der Waals surface area (Å²) in [7, 11) is 0. The molecule has 2 aromatic rings. The van der Waals surface area contributed by atoms with E-state index in [2.05, 4.69) is 9.88 Å². The summed E-state index contributed by atoms with van der Waals surface area (Å²) >= 11 is 0. The van der Waals surface area contributed by atoms with Gasteiger partial charge in [-0.1, -0.05) is 12.1 Å². The number of aromatic nitrogens is 1. The molecule has 1 fully saturated rings. The summed E-state index contributed by atoms with van der Waals surface area (Å²) in [5, 5.41) is 18.5. The van der Waals surface area contributed by atoms with Crippen molar-refractivity contribution in [2.24, 2.45) is 5.92 Å². The number of nitrogens with zero attached hydrogens (tertiary/aromatic N) is 2. The van der Waals surface area contributed by atoms with E-state index in [0.717, 1.165) is 42.9 Å². The summed E-state index contributed by atoms with van der Waals surface area (Å²) in [5.74, 6) is 0.415. The van der Waals surface area contributed by atoms with Crippen LogP contribution in [0.3, 0.4) is 0 Å². The number of pyridine rings is 1. The van der Waals surface area contributed by atoms with Gasteiger partial charge in [-0.2, -0.15) is 5.26 Å². The fourth-order valence-corrected chi connectivity index (χ4v) is 3.25. The van der Waals surface area contributed by atoms with Crippen molar-refractivity contribution in [1.29, 1.82) is 5.26 Å². The molecule has 0 aliphatic carbocycles. The molecule has 1 saturated heterocycles. The highest BCUT2D eigenvalue weighted by atomic mass is 16.3. The number of piperidine rings is 1. The van der Waals surface area contributed by atoms with Crippen LogP contribution in [-0.4, -0.2) is 29.8 Å². The fourth-order valence-electron chi connectivity index (χ4n) is 3.25. The fraction of sp³-hybridized carbons (Fsp3) is 0.368. The zero-order valence-corrected chi connectivity index (χ0v) is 13.7. The van der Waals surface area contributed by atoms with Crippen molar-refractivity contribution < 1.29 is 5.11 Å². The van der Waals surface area contributed by atoms with Gasteiger partial charge in [0.1, 0.15) is 11.6 Å². The molecular formula is C19H21N3O2. The minimum Gasteiger partial charge on any atom is -0.396 e. The predicted molar refractivity (Wildman–Crippen MR) is 94.0 cm³/mol. The third kappa shape index (κ3) is 3.19. The zero-order chi connectivity index (χ0) is 17.1. The second-order valence-corrected chi connectivity index (χ2v) is 6.34. The van der Waals surface area contributed by atoms with Crippen molar-refractivity contribution in [1.82, 2.24) is 4.98 Å². The first kappa shape index (κ1) is 16.3. The van der Waals surface area contributed by atoms with Gasteiger partial charge in [0.25, 0.3) is 5.56 Å². The molecule has 5 nitrogen and oxygen atoms in total. The maximum Gasteiger partial charge on any atom is 0.266 e. The molecule has 0 bridgehead atoms. The Kier molecular flexibility index (Phi) is 4.68. The second kappa shape index (κ2) is 6.90. The van der Waals surface area contributed by atoms with Crippen LogP contribution in [0.4, 0.5) is 5.69 Å². The van der Waals surface area contributed by atoms with Gasteiger partial charge in [-0.15, -0.1) is 0 Å². The van der Waals surface area contributed by atoms with Gasteiger partial charge in [0.2, 0.25) is 0 Å². The lowest BCUT2D eigenvalue weighted by molar-refractivity contribution is 0.203. The van der Waals surface area contributed by atoms with Crippen LogP contribution in [0.25, 0.3) is 11.1 Å². The van der Waals surface area contributed by atoms with E-state index in [4.69, 9.17) is 0 Å². The zero-order valence-electron chi connectivity index (χ0n) is 13.7. The summed E-state index contributed by atoms with van der Waals surface area (Å²) in [5.41, 5.74) is 3.22. The number of H-pyrrole nitrogens is 1. The number of rotatable bonds is 3. The van der Waals surface area contributed by atoms with Gasteiger partial charge in [-0.05, 0) is 49.4 Å². The number of aryl methyl sites for hydroxylation is 1. The van der Waals surface area contributed by atoms with E-state index in [9.17, 15) is 15.2 Å². The quantitative estimate of drug-likeness (QED) is 0.909. The number of anilines is 1. The lowest BCUT2D eigenvalue weighted by Crippen LogP contribution is -2.34. The molecule has 1 aliphatic rings. The van der Waals surface area contributed by atoms with Crippen molar-refractivity contribution in [3.63, 3.8) is 0 Å². The Morgan fingerprint density at radius 2 is 1.96 bits per heavy atom. The number of hydrogen-bond donors (Lipinski definition) is 2. The molecule has 1 aliphatic heterocycles. The Bertz CT molecular complexity index is 810. The Hall–Kier alpha value is -2.58. The smallest absolute Gasteiger partial charge is 0.266 e. The average molecular weight is 323 g/mol. The Morgan fingerprint density at radius 3 is 2.54 bits per heavy atom. The standard InChI is InChI=1S/C19H21N3O2/c1-13-10-17(18(11-20)19(24)21-13)15-2-4-16(5-3-15)22-8-6-14(12-23)7-9-22/h2-5,10,14,23H,6-9,12H2,1H3,(H,21,24). The number of nitriles is 1. The maximum atomic E-state index is 11.9. The largest absolute Gasteiger partial charge is 0.396 e. The normalized spacial score (nSPS) is 15.3. The van der Waals surface area contributed by atoms with E-state index in [1.54, 1.807) is 0 Å². The first-order valence-corrected chi connectivity index (χ1v) is 8.22. The average Bonchev–Trinajstić information content (AvgIpc) is 2.61. The highest BCUT2D eigenvalue weighted by Crippen LogP contribution is 2.27. The lowest BCUT2D eigenvalue weighted by atomic mass is 9.97. The van der Waals surface area contributed by atoms with Gasteiger partial charge in [0.15, 0.2) is 0 Å². The molecule has 0 unspecified atom stereocenters. The molecule has 0 atom stereocenters. The Morgan fingerprint density at radius 1 is 1.29 bits per heavy atom. The highest BCUT2D eigenvalue weighted by molar-refractivity contribution is 5.72. The number of aliphatic hydroxyl groups excluding tert-OH is 1. The van der Waals surface area contributed by atoms with Gasteiger partial charge in [-0.3, -0.25) is 4.79 Å². The number of hydrogen-bond acceptors (Lipinski definition) is 4. The Balaban J connectivity index is 1.86. The molecule has 0 saturated carbocycles. The molecule has 0 spiro atoms. The van der Waals surface area contributed by atoms with Gasteiger partial charge >= 0.3 is 0 Å². The number of benzene rings is 1. The molecule has 1 aromatic heterocycles. The van der Waals surface area contributed by atoms with Crippen LogP contribution < -0.4 is 10.5 Å². The minimum absolute atomic E-state index is 0.150. The van der Waals surface area contributed by atoms with Crippen LogP contribution in [0, 0.1) is 24.2 Å². The van der Waals surface area contributed by atoms with Crippen LogP contribution >= 0.6 is 0 Å². The van der Waals surface area contributed by atoms with E-state index in [1.807, 2.05) is 43.3 Å².